The van der Waals surface area contributed by atoms with Crippen LogP contribution in [0.15, 0.2) is 77.7 Å². The second-order valence-electron chi connectivity index (χ2n) is 9.65. The summed E-state index contributed by atoms with van der Waals surface area (Å²) < 4.78 is 27.9. The molecule has 1 unspecified atom stereocenters. The van der Waals surface area contributed by atoms with Gasteiger partial charge in [-0.3, -0.25) is 0 Å². The maximum Gasteiger partial charge on any atom is 0.203 e. The minimum absolute atomic E-state index is 0.413. The molecule has 0 aromatic heterocycles. The second kappa shape index (κ2) is 13.6. The van der Waals surface area contributed by atoms with E-state index >= 15 is 0 Å². The Morgan fingerprint density at radius 2 is 1.31 bits per heavy atom. The quantitative estimate of drug-likeness (QED) is 0.160. The van der Waals surface area contributed by atoms with Gasteiger partial charge in [-0.25, -0.2) is 0 Å². The number of ether oxygens (including phenoxy) is 5. The van der Waals surface area contributed by atoms with E-state index in [1.54, 1.807) is 59.4 Å². The Labute approximate surface area is 252 Å². The highest BCUT2D eigenvalue weighted by Crippen LogP contribution is 2.45. The molecule has 4 rings (SSSR count). The molecule has 0 fully saturated rings. The van der Waals surface area contributed by atoms with Crippen LogP contribution in [-0.4, -0.2) is 40.7 Å². The van der Waals surface area contributed by atoms with Crippen LogP contribution in [0, 0.1) is 25.7 Å². The molecular weight excluding hydrogens is 548 g/mol. The molecule has 0 radical (unpaired) electrons. The Balaban J connectivity index is 1.97. The Morgan fingerprint density at radius 1 is 0.690 bits per heavy atom. The third-order valence-corrected chi connectivity index (χ3v) is 8.12. The molecule has 1 atom stereocenters. The molecule has 4 aromatic rings. The number of aliphatic hydroxyl groups is 1. The normalized spacial score (nSPS) is 12.0. The number of thioether (sulfide) groups is 1. The van der Waals surface area contributed by atoms with Gasteiger partial charge in [0.05, 0.1) is 35.5 Å². The molecule has 218 valence electrons. The average molecular weight is 585 g/mol. The second-order valence-corrected chi connectivity index (χ2v) is 10.7. The monoisotopic (exact) mass is 584 g/mol. The molecular formula is C35H36O6S. The van der Waals surface area contributed by atoms with Crippen molar-refractivity contribution in [3.63, 3.8) is 0 Å². The van der Waals surface area contributed by atoms with Gasteiger partial charge in [-0.2, -0.15) is 0 Å². The van der Waals surface area contributed by atoms with Crippen LogP contribution in [0.2, 0.25) is 0 Å². The van der Waals surface area contributed by atoms with Gasteiger partial charge in [-0.1, -0.05) is 42.2 Å². The third kappa shape index (κ3) is 6.46. The molecule has 42 heavy (non-hydrogen) atoms. The van der Waals surface area contributed by atoms with Crippen LogP contribution < -0.4 is 23.7 Å². The highest BCUT2D eigenvalue weighted by molar-refractivity contribution is 7.98. The van der Waals surface area contributed by atoms with Crippen LogP contribution in [0.1, 0.15) is 33.4 Å². The Bertz CT molecular complexity index is 1580. The summed E-state index contributed by atoms with van der Waals surface area (Å²) in [6, 6.07) is 23.2. The lowest BCUT2D eigenvalue weighted by molar-refractivity contribution is 0.141. The van der Waals surface area contributed by atoms with Gasteiger partial charge in [-0.05, 0) is 73.0 Å². The minimum atomic E-state index is -1.77. The lowest BCUT2D eigenvalue weighted by Crippen LogP contribution is -2.27. The zero-order valence-corrected chi connectivity index (χ0v) is 25.8. The highest BCUT2D eigenvalue weighted by Gasteiger charge is 2.35. The van der Waals surface area contributed by atoms with Gasteiger partial charge in [0.2, 0.25) is 5.75 Å². The summed E-state index contributed by atoms with van der Waals surface area (Å²) in [5.41, 5.74) is 3.03. The highest BCUT2D eigenvalue weighted by atomic mass is 32.2. The van der Waals surface area contributed by atoms with E-state index in [-0.39, 0.29) is 0 Å². The van der Waals surface area contributed by atoms with Crippen LogP contribution in [-0.2, 0) is 11.4 Å². The van der Waals surface area contributed by atoms with Gasteiger partial charge in [0.1, 0.15) is 11.5 Å². The summed E-state index contributed by atoms with van der Waals surface area (Å²) in [5, 5.41) is 12.8. The van der Waals surface area contributed by atoms with Crippen LogP contribution >= 0.6 is 11.8 Å². The molecule has 0 spiro atoms. The largest absolute Gasteiger partial charge is 0.496 e. The molecule has 0 aliphatic rings. The molecule has 0 saturated heterocycles. The SMILES string of the molecule is COc1ccc(C#CC(O)(c2cc(OC)c(OC)c(OC)c2)c2cc(C)c(OC)cc2SCc2ccccc2)cc1C. The van der Waals surface area contributed by atoms with Gasteiger partial charge < -0.3 is 28.8 Å². The number of hydrogen-bond donors (Lipinski definition) is 1. The van der Waals surface area contributed by atoms with Crippen LogP contribution in [0.4, 0.5) is 0 Å². The van der Waals surface area contributed by atoms with Gasteiger partial charge in [-0.15, -0.1) is 11.8 Å². The van der Waals surface area contributed by atoms with E-state index in [0.29, 0.717) is 34.1 Å². The maximum absolute atomic E-state index is 12.8. The van der Waals surface area contributed by atoms with Crippen molar-refractivity contribution in [3.05, 3.63) is 106 Å². The molecule has 0 bridgehead atoms. The van der Waals surface area contributed by atoms with Crippen LogP contribution in [0.25, 0.3) is 0 Å². The zero-order valence-electron chi connectivity index (χ0n) is 25.0. The van der Waals surface area contributed by atoms with Crippen LogP contribution in [0.5, 0.6) is 28.7 Å². The summed E-state index contributed by atoms with van der Waals surface area (Å²) in [7, 11) is 7.92. The predicted molar refractivity (Wildman–Crippen MR) is 167 cm³/mol. The first-order valence-corrected chi connectivity index (χ1v) is 14.3. The lowest BCUT2D eigenvalue weighted by Gasteiger charge is -2.28. The Kier molecular flexibility index (Phi) is 9.95. The van der Waals surface area contributed by atoms with Gasteiger partial charge in [0.25, 0.3) is 0 Å². The molecule has 6 nitrogen and oxygen atoms in total. The first kappa shape index (κ1) is 30.7. The molecule has 0 aliphatic heterocycles. The minimum Gasteiger partial charge on any atom is -0.496 e. The fourth-order valence-electron chi connectivity index (χ4n) is 4.73. The van der Waals surface area contributed by atoms with Gasteiger partial charge in [0.15, 0.2) is 17.1 Å². The maximum atomic E-state index is 12.8. The molecule has 4 aromatic carbocycles. The smallest absolute Gasteiger partial charge is 0.203 e. The van der Waals surface area contributed by atoms with Crippen molar-refractivity contribution >= 4 is 11.8 Å². The number of aryl methyl sites for hydroxylation is 2. The van der Waals surface area contributed by atoms with Crippen molar-refractivity contribution in [1.82, 2.24) is 0 Å². The van der Waals surface area contributed by atoms with E-state index in [1.807, 2.05) is 62.4 Å². The Morgan fingerprint density at radius 3 is 1.88 bits per heavy atom. The average Bonchev–Trinajstić information content (AvgIpc) is 3.02. The molecule has 7 heteroatoms. The fraction of sp³-hybridized carbons (Fsp3) is 0.257. The van der Waals surface area contributed by atoms with Crippen molar-refractivity contribution < 1.29 is 28.8 Å². The predicted octanol–water partition coefficient (Wildman–Crippen LogP) is 6.93. The first-order valence-electron chi connectivity index (χ1n) is 13.3. The van der Waals surface area contributed by atoms with Crippen molar-refractivity contribution in [3.8, 4) is 40.6 Å². The van der Waals surface area contributed by atoms with E-state index in [0.717, 1.165) is 38.6 Å². The van der Waals surface area contributed by atoms with E-state index in [4.69, 9.17) is 23.7 Å². The van der Waals surface area contributed by atoms with E-state index in [1.165, 1.54) is 0 Å². The number of methoxy groups -OCH3 is 5. The number of hydrogen-bond acceptors (Lipinski definition) is 7. The standard InChI is InChI=1S/C35H36O6S/c1-23-17-25(13-14-29(23)37-3)15-16-35(36,27-19-31(39-5)34(41-7)32(20-27)40-6)28-18-24(2)30(38-4)21-33(28)42-22-26-11-9-8-10-12-26/h8-14,17-21,36H,22H2,1-7H3. The Hall–Kier alpha value is -4.25. The van der Waals surface area contributed by atoms with Crippen molar-refractivity contribution in [2.45, 2.75) is 30.1 Å². The van der Waals surface area contributed by atoms with Gasteiger partial charge >= 0.3 is 0 Å². The summed E-state index contributed by atoms with van der Waals surface area (Å²) in [5.74, 6) is 9.86. The summed E-state index contributed by atoms with van der Waals surface area (Å²) in [6.07, 6.45) is 0. The molecule has 0 amide bonds. The summed E-state index contributed by atoms with van der Waals surface area (Å²) >= 11 is 1.61. The lowest BCUT2D eigenvalue weighted by atomic mass is 9.85. The molecule has 0 saturated carbocycles. The molecule has 1 N–H and O–H groups in total. The van der Waals surface area contributed by atoms with Crippen molar-refractivity contribution in [2.24, 2.45) is 0 Å². The summed E-state index contributed by atoms with van der Waals surface area (Å²) in [6.45, 7) is 3.91. The summed E-state index contributed by atoms with van der Waals surface area (Å²) in [4.78, 5) is 0.831. The van der Waals surface area contributed by atoms with Crippen molar-refractivity contribution in [2.75, 3.05) is 35.5 Å². The number of benzene rings is 4. The zero-order chi connectivity index (χ0) is 30.3. The molecule has 0 heterocycles. The molecule has 0 aliphatic carbocycles. The van der Waals surface area contributed by atoms with Gasteiger partial charge in [0, 0.05) is 27.3 Å². The third-order valence-electron chi connectivity index (χ3n) is 6.99. The fourth-order valence-corrected chi connectivity index (χ4v) is 5.80. The van der Waals surface area contributed by atoms with E-state index in [9.17, 15) is 5.11 Å². The van der Waals surface area contributed by atoms with Crippen LogP contribution in [0.3, 0.4) is 0 Å². The van der Waals surface area contributed by atoms with E-state index in [2.05, 4.69) is 24.0 Å². The van der Waals surface area contributed by atoms with E-state index < -0.39 is 5.60 Å². The number of rotatable bonds is 10. The topological polar surface area (TPSA) is 66.4 Å². The first-order chi connectivity index (χ1) is 20.3. The van der Waals surface area contributed by atoms with Crippen molar-refractivity contribution in [1.29, 1.82) is 0 Å².